The van der Waals surface area contributed by atoms with E-state index in [9.17, 15) is 0 Å². The van der Waals surface area contributed by atoms with Crippen LogP contribution in [0.5, 0.6) is 5.75 Å². The van der Waals surface area contributed by atoms with Crippen molar-refractivity contribution in [3.05, 3.63) is 30.3 Å². The van der Waals surface area contributed by atoms with Crippen LogP contribution in [0.1, 0.15) is 52.9 Å². The largest absolute Gasteiger partial charge is 0.494 e. The van der Waals surface area contributed by atoms with E-state index in [1.807, 2.05) is 30.3 Å². The fourth-order valence-electron chi connectivity index (χ4n) is 3.36. The van der Waals surface area contributed by atoms with Crippen LogP contribution in [0.4, 0.5) is 0 Å². The quantitative estimate of drug-likeness (QED) is 0.461. The van der Waals surface area contributed by atoms with Crippen LogP contribution in [0.2, 0.25) is 0 Å². The lowest BCUT2D eigenvalue weighted by molar-refractivity contribution is 0.139. The van der Waals surface area contributed by atoms with Crippen molar-refractivity contribution in [1.82, 2.24) is 0 Å². The third-order valence-electron chi connectivity index (χ3n) is 4.85. The van der Waals surface area contributed by atoms with E-state index in [0.717, 1.165) is 30.6 Å². The summed E-state index contributed by atoms with van der Waals surface area (Å²) >= 11 is 3.91. The van der Waals surface area contributed by atoms with E-state index in [0.29, 0.717) is 10.2 Å². The lowest BCUT2D eigenvalue weighted by Crippen LogP contribution is -2.32. The van der Waals surface area contributed by atoms with Gasteiger partial charge in [-0.1, -0.05) is 54.9 Å². The molecule has 0 amide bonds. The molecule has 2 rings (SSSR count). The van der Waals surface area contributed by atoms with Gasteiger partial charge in [0.05, 0.1) is 6.61 Å². The van der Waals surface area contributed by atoms with Crippen molar-refractivity contribution in [3.63, 3.8) is 0 Å². The van der Waals surface area contributed by atoms with Crippen molar-refractivity contribution in [2.45, 2.75) is 57.7 Å². The van der Waals surface area contributed by atoms with Gasteiger partial charge in [0.2, 0.25) is 0 Å². The third kappa shape index (κ3) is 5.32. The molecule has 0 heterocycles. The smallest absolute Gasteiger partial charge is 0.119 e. The van der Waals surface area contributed by atoms with Crippen LogP contribution in [0.15, 0.2) is 30.3 Å². The molecule has 1 fully saturated rings. The van der Waals surface area contributed by atoms with Crippen molar-refractivity contribution in [1.29, 1.82) is 0 Å². The van der Waals surface area contributed by atoms with Gasteiger partial charge < -0.3 is 4.74 Å². The number of benzene rings is 1. The molecule has 0 N–H and O–H groups in total. The van der Waals surface area contributed by atoms with Crippen LogP contribution in [-0.2, 0) is 0 Å². The summed E-state index contributed by atoms with van der Waals surface area (Å²) in [5, 5.41) is 0. The predicted molar refractivity (Wildman–Crippen MR) is 94.2 cm³/mol. The number of ether oxygens (including phenoxy) is 1. The predicted octanol–water partition coefficient (Wildman–Crippen LogP) is 6.07. The number of hydrogen-bond acceptors (Lipinski definition) is 1. The van der Waals surface area contributed by atoms with E-state index in [-0.39, 0.29) is 0 Å². The van der Waals surface area contributed by atoms with Gasteiger partial charge in [0.1, 0.15) is 5.75 Å². The molecule has 2 heteroatoms. The summed E-state index contributed by atoms with van der Waals surface area (Å²) in [5.74, 6) is 2.66. The molecule has 1 aromatic carbocycles. The Balaban J connectivity index is 1.73. The molecule has 0 aromatic heterocycles. The van der Waals surface area contributed by atoms with Crippen LogP contribution < -0.4 is 4.74 Å². The summed E-state index contributed by atoms with van der Waals surface area (Å²) in [4.78, 5) is 0.702. The third-order valence-corrected chi connectivity index (χ3v) is 6.05. The molecule has 1 aliphatic carbocycles. The van der Waals surface area contributed by atoms with E-state index >= 15 is 0 Å². The van der Waals surface area contributed by atoms with E-state index in [1.54, 1.807) is 0 Å². The fraction of sp³-hybridized carbons (Fsp3) is 0.684. The Bertz CT molecular complexity index is 409. The van der Waals surface area contributed by atoms with Gasteiger partial charge in [-0.25, -0.2) is 0 Å². The van der Waals surface area contributed by atoms with Crippen LogP contribution in [0.3, 0.4) is 0 Å². The summed E-state index contributed by atoms with van der Waals surface area (Å²) in [5.41, 5.74) is 0.450. The summed E-state index contributed by atoms with van der Waals surface area (Å²) in [7, 11) is 0. The second kappa shape index (κ2) is 7.67. The molecule has 0 saturated heterocycles. The molecule has 1 aromatic rings. The van der Waals surface area contributed by atoms with Crippen molar-refractivity contribution < 1.29 is 4.74 Å². The Morgan fingerprint density at radius 2 is 1.86 bits per heavy atom. The number of alkyl halides is 1. The highest BCUT2D eigenvalue weighted by atomic mass is 79.9. The lowest BCUT2D eigenvalue weighted by atomic mass is 9.68. The minimum absolute atomic E-state index is 0.450. The number of para-hydroxylation sites is 1. The topological polar surface area (TPSA) is 9.23 Å². The first-order chi connectivity index (χ1) is 9.97. The van der Waals surface area contributed by atoms with Crippen LogP contribution in [0, 0.1) is 17.3 Å². The Labute approximate surface area is 138 Å². The van der Waals surface area contributed by atoms with Gasteiger partial charge >= 0.3 is 0 Å². The second-order valence-electron chi connectivity index (χ2n) is 7.46. The summed E-state index contributed by atoms with van der Waals surface area (Å²) in [6.07, 6.45) is 6.49. The first-order valence-corrected chi connectivity index (χ1v) is 9.20. The lowest BCUT2D eigenvalue weighted by Gasteiger charge is -2.40. The Morgan fingerprint density at radius 3 is 2.52 bits per heavy atom. The molecule has 0 aliphatic heterocycles. The van der Waals surface area contributed by atoms with Gasteiger partial charge in [-0.2, -0.15) is 0 Å². The van der Waals surface area contributed by atoms with Gasteiger partial charge in [-0.05, 0) is 61.5 Å². The van der Waals surface area contributed by atoms with Crippen molar-refractivity contribution >= 4 is 15.9 Å². The van der Waals surface area contributed by atoms with Crippen molar-refractivity contribution in [2.24, 2.45) is 17.3 Å². The standard InChI is InChI=1S/C19H29BrO/c1-19(2,3)16-11-12-18(20)15(14-16)8-7-13-21-17-9-5-4-6-10-17/h4-6,9-10,15-16,18H,7-8,11-14H2,1-3H3. The van der Waals surface area contributed by atoms with Crippen molar-refractivity contribution in [2.75, 3.05) is 6.61 Å². The first-order valence-electron chi connectivity index (χ1n) is 8.28. The normalized spacial score (nSPS) is 26.6. The molecule has 0 radical (unpaired) electrons. The molecule has 1 saturated carbocycles. The molecule has 118 valence electrons. The van der Waals surface area contributed by atoms with Gasteiger partial charge in [0.25, 0.3) is 0 Å². The van der Waals surface area contributed by atoms with E-state index in [2.05, 4.69) is 36.7 Å². The van der Waals surface area contributed by atoms with E-state index < -0.39 is 0 Å². The average Bonchev–Trinajstić information content (AvgIpc) is 2.45. The minimum Gasteiger partial charge on any atom is -0.494 e. The zero-order valence-corrected chi connectivity index (χ0v) is 15.2. The molecule has 21 heavy (non-hydrogen) atoms. The average molecular weight is 353 g/mol. The first kappa shape index (κ1) is 16.9. The number of halogens is 1. The zero-order chi connectivity index (χ0) is 15.3. The Hall–Kier alpha value is -0.500. The molecule has 3 unspecified atom stereocenters. The van der Waals surface area contributed by atoms with Crippen LogP contribution >= 0.6 is 15.9 Å². The molecular formula is C19H29BrO. The molecule has 1 aliphatic rings. The second-order valence-corrected chi connectivity index (χ2v) is 8.63. The van der Waals surface area contributed by atoms with Gasteiger partial charge in [0, 0.05) is 4.83 Å². The van der Waals surface area contributed by atoms with Crippen LogP contribution in [-0.4, -0.2) is 11.4 Å². The highest BCUT2D eigenvalue weighted by Crippen LogP contribution is 2.43. The monoisotopic (exact) mass is 352 g/mol. The van der Waals surface area contributed by atoms with Gasteiger partial charge in [0.15, 0.2) is 0 Å². The highest BCUT2D eigenvalue weighted by molar-refractivity contribution is 9.09. The van der Waals surface area contributed by atoms with Gasteiger partial charge in [-0.15, -0.1) is 0 Å². The van der Waals surface area contributed by atoms with E-state index in [1.165, 1.54) is 25.7 Å². The summed E-state index contributed by atoms with van der Waals surface area (Å²) < 4.78 is 5.81. The zero-order valence-electron chi connectivity index (χ0n) is 13.6. The summed E-state index contributed by atoms with van der Waals surface area (Å²) in [6, 6.07) is 10.1. The number of rotatable bonds is 5. The van der Waals surface area contributed by atoms with E-state index in [4.69, 9.17) is 4.74 Å². The minimum atomic E-state index is 0.450. The SMILES string of the molecule is CC(C)(C)C1CCC(Br)C(CCCOc2ccccc2)C1. The molecular weight excluding hydrogens is 324 g/mol. The maximum Gasteiger partial charge on any atom is 0.119 e. The Kier molecular flexibility index (Phi) is 6.16. The molecule has 1 nitrogen and oxygen atoms in total. The molecule has 0 bridgehead atoms. The summed E-state index contributed by atoms with van der Waals surface area (Å²) in [6.45, 7) is 8.01. The van der Waals surface area contributed by atoms with Crippen molar-refractivity contribution in [3.8, 4) is 5.75 Å². The van der Waals surface area contributed by atoms with Crippen LogP contribution in [0.25, 0.3) is 0 Å². The number of hydrogen-bond donors (Lipinski definition) is 0. The maximum atomic E-state index is 5.81. The fourth-order valence-corrected chi connectivity index (χ4v) is 4.11. The molecule has 3 atom stereocenters. The molecule has 0 spiro atoms. The Morgan fingerprint density at radius 1 is 1.14 bits per heavy atom. The maximum absolute atomic E-state index is 5.81. The highest BCUT2D eigenvalue weighted by Gasteiger charge is 2.34. The van der Waals surface area contributed by atoms with Gasteiger partial charge in [-0.3, -0.25) is 0 Å².